The topological polar surface area (TPSA) is 72.8 Å². The summed E-state index contributed by atoms with van der Waals surface area (Å²) in [6.45, 7) is 1.65. The standard InChI is InChI=1S/C12H14O5/c1-7(12(15)17-3)8-4-5-10(16-2)9(6-8)11(13)14/h4-7H,1-3H3,(H,13,14). The number of carboxylic acid groups (broad SMARTS) is 1. The Bertz CT molecular complexity index is 439. The van der Waals surface area contributed by atoms with Crippen LogP contribution in [0.25, 0.3) is 0 Å². The van der Waals surface area contributed by atoms with Gasteiger partial charge in [0.1, 0.15) is 11.3 Å². The van der Waals surface area contributed by atoms with Crippen LogP contribution in [0.1, 0.15) is 28.8 Å². The van der Waals surface area contributed by atoms with Crippen LogP contribution in [-0.4, -0.2) is 31.3 Å². The van der Waals surface area contributed by atoms with Gasteiger partial charge in [0.25, 0.3) is 0 Å². The number of carbonyl (C=O) groups is 2. The number of aromatic carboxylic acids is 1. The molecule has 1 atom stereocenters. The lowest BCUT2D eigenvalue weighted by Gasteiger charge is -2.12. The molecule has 0 aliphatic carbocycles. The number of rotatable bonds is 4. The Morgan fingerprint density at radius 3 is 2.41 bits per heavy atom. The van der Waals surface area contributed by atoms with Crippen LogP contribution in [0.2, 0.25) is 0 Å². The number of esters is 1. The number of methoxy groups -OCH3 is 2. The van der Waals surface area contributed by atoms with Gasteiger partial charge >= 0.3 is 11.9 Å². The van der Waals surface area contributed by atoms with E-state index >= 15 is 0 Å². The molecule has 92 valence electrons. The second-order valence-electron chi connectivity index (χ2n) is 3.51. The average molecular weight is 238 g/mol. The predicted octanol–water partition coefficient (Wildman–Crippen LogP) is 1.67. The van der Waals surface area contributed by atoms with E-state index < -0.39 is 17.9 Å². The third kappa shape index (κ3) is 2.75. The average Bonchev–Trinajstić information content (AvgIpc) is 2.35. The summed E-state index contributed by atoms with van der Waals surface area (Å²) in [5.74, 6) is -1.76. The molecular formula is C12H14O5. The van der Waals surface area contributed by atoms with Crippen molar-refractivity contribution in [3.8, 4) is 5.75 Å². The quantitative estimate of drug-likeness (QED) is 0.808. The van der Waals surface area contributed by atoms with Crippen LogP contribution < -0.4 is 4.74 Å². The lowest BCUT2D eigenvalue weighted by Crippen LogP contribution is -2.12. The van der Waals surface area contributed by atoms with Gasteiger partial charge in [-0.15, -0.1) is 0 Å². The van der Waals surface area contributed by atoms with E-state index in [4.69, 9.17) is 9.84 Å². The van der Waals surface area contributed by atoms with E-state index in [0.29, 0.717) is 5.56 Å². The Balaban J connectivity index is 3.16. The summed E-state index contributed by atoms with van der Waals surface area (Å²) >= 11 is 0. The minimum atomic E-state index is -1.10. The molecule has 0 heterocycles. The first-order valence-corrected chi connectivity index (χ1v) is 5.00. The summed E-state index contributed by atoms with van der Waals surface area (Å²) in [6, 6.07) is 4.59. The summed E-state index contributed by atoms with van der Waals surface area (Å²) in [4.78, 5) is 22.3. The lowest BCUT2D eigenvalue weighted by molar-refractivity contribution is -0.142. The van der Waals surface area contributed by atoms with Crippen LogP contribution >= 0.6 is 0 Å². The van der Waals surface area contributed by atoms with Crippen molar-refractivity contribution in [2.24, 2.45) is 0 Å². The molecule has 0 radical (unpaired) electrons. The van der Waals surface area contributed by atoms with Gasteiger partial charge in [-0.3, -0.25) is 4.79 Å². The molecule has 0 saturated carbocycles. The number of ether oxygens (including phenoxy) is 2. The summed E-state index contributed by atoms with van der Waals surface area (Å²) in [5.41, 5.74) is 0.607. The molecule has 1 aromatic rings. The van der Waals surface area contributed by atoms with E-state index in [2.05, 4.69) is 4.74 Å². The molecule has 0 aliphatic heterocycles. The monoisotopic (exact) mass is 238 g/mol. The van der Waals surface area contributed by atoms with Gasteiger partial charge in [0.15, 0.2) is 0 Å². The smallest absolute Gasteiger partial charge is 0.339 e. The molecule has 1 aromatic carbocycles. The normalized spacial score (nSPS) is 11.7. The Labute approximate surface area is 99.0 Å². The van der Waals surface area contributed by atoms with E-state index in [1.807, 2.05) is 0 Å². The van der Waals surface area contributed by atoms with Gasteiger partial charge in [-0.1, -0.05) is 6.07 Å². The van der Waals surface area contributed by atoms with Gasteiger partial charge in [-0.25, -0.2) is 4.79 Å². The predicted molar refractivity (Wildman–Crippen MR) is 60.4 cm³/mol. The van der Waals surface area contributed by atoms with Crippen molar-refractivity contribution < 1.29 is 24.2 Å². The van der Waals surface area contributed by atoms with Crippen LogP contribution in [0.3, 0.4) is 0 Å². The third-order valence-electron chi connectivity index (χ3n) is 2.51. The Morgan fingerprint density at radius 2 is 1.94 bits per heavy atom. The van der Waals surface area contributed by atoms with E-state index in [1.54, 1.807) is 13.0 Å². The van der Waals surface area contributed by atoms with Gasteiger partial charge in [-0.2, -0.15) is 0 Å². The molecule has 1 rings (SSSR count). The molecule has 0 fully saturated rings. The number of benzene rings is 1. The summed E-state index contributed by atoms with van der Waals surface area (Å²) in [6.07, 6.45) is 0. The Hall–Kier alpha value is -2.04. The van der Waals surface area contributed by atoms with Crippen molar-refractivity contribution in [3.05, 3.63) is 29.3 Å². The van der Waals surface area contributed by atoms with Gasteiger partial charge < -0.3 is 14.6 Å². The van der Waals surface area contributed by atoms with Crippen molar-refractivity contribution in [3.63, 3.8) is 0 Å². The van der Waals surface area contributed by atoms with Crippen LogP contribution in [0.15, 0.2) is 18.2 Å². The number of hydrogen-bond acceptors (Lipinski definition) is 4. The lowest BCUT2D eigenvalue weighted by atomic mass is 9.98. The van der Waals surface area contributed by atoms with Gasteiger partial charge in [0, 0.05) is 0 Å². The summed E-state index contributed by atoms with van der Waals surface area (Å²) in [7, 11) is 2.69. The maximum atomic E-state index is 11.3. The van der Waals surface area contributed by atoms with Gasteiger partial charge in [-0.05, 0) is 24.6 Å². The van der Waals surface area contributed by atoms with Crippen LogP contribution in [-0.2, 0) is 9.53 Å². The zero-order chi connectivity index (χ0) is 13.0. The fourth-order valence-corrected chi connectivity index (χ4v) is 1.47. The molecule has 1 N–H and O–H groups in total. The molecule has 0 spiro atoms. The van der Waals surface area contributed by atoms with Crippen LogP contribution in [0.5, 0.6) is 5.75 Å². The van der Waals surface area contributed by atoms with Crippen molar-refractivity contribution in [2.45, 2.75) is 12.8 Å². The maximum absolute atomic E-state index is 11.3. The third-order valence-corrected chi connectivity index (χ3v) is 2.51. The molecular weight excluding hydrogens is 224 g/mol. The molecule has 5 nitrogen and oxygen atoms in total. The molecule has 17 heavy (non-hydrogen) atoms. The van der Waals surface area contributed by atoms with E-state index in [9.17, 15) is 9.59 Å². The highest BCUT2D eigenvalue weighted by Crippen LogP contribution is 2.25. The maximum Gasteiger partial charge on any atom is 0.339 e. The highest BCUT2D eigenvalue weighted by Gasteiger charge is 2.19. The van der Waals surface area contributed by atoms with Crippen molar-refractivity contribution in [1.29, 1.82) is 0 Å². The Morgan fingerprint density at radius 1 is 1.29 bits per heavy atom. The van der Waals surface area contributed by atoms with Crippen molar-refractivity contribution in [2.75, 3.05) is 14.2 Å². The number of hydrogen-bond donors (Lipinski definition) is 1. The minimum absolute atomic E-state index is 0.0285. The van der Waals surface area contributed by atoms with E-state index in [-0.39, 0.29) is 11.3 Å². The fourth-order valence-electron chi connectivity index (χ4n) is 1.47. The van der Waals surface area contributed by atoms with E-state index in [0.717, 1.165) is 0 Å². The van der Waals surface area contributed by atoms with E-state index in [1.165, 1.54) is 26.4 Å². The second kappa shape index (κ2) is 5.34. The van der Waals surface area contributed by atoms with Crippen molar-refractivity contribution >= 4 is 11.9 Å². The first kappa shape index (κ1) is 13.0. The second-order valence-corrected chi connectivity index (χ2v) is 3.51. The molecule has 1 unspecified atom stereocenters. The summed E-state index contributed by atoms with van der Waals surface area (Å²) in [5, 5.41) is 9.00. The van der Waals surface area contributed by atoms with Crippen molar-refractivity contribution in [1.82, 2.24) is 0 Å². The SMILES string of the molecule is COC(=O)C(C)c1ccc(OC)c(C(=O)O)c1. The van der Waals surface area contributed by atoms with Crippen LogP contribution in [0, 0.1) is 0 Å². The number of carboxylic acids is 1. The zero-order valence-electron chi connectivity index (χ0n) is 9.89. The highest BCUT2D eigenvalue weighted by atomic mass is 16.5. The largest absolute Gasteiger partial charge is 0.496 e. The van der Waals surface area contributed by atoms with Gasteiger partial charge in [0.05, 0.1) is 20.1 Å². The number of carbonyl (C=O) groups excluding carboxylic acids is 1. The summed E-state index contributed by atoms with van der Waals surface area (Å²) < 4.78 is 9.54. The fraction of sp³-hybridized carbons (Fsp3) is 0.333. The Kier molecular flexibility index (Phi) is 4.09. The van der Waals surface area contributed by atoms with Crippen LogP contribution in [0.4, 0.5) is 0 Å². The van der Waals surface area contributed by atoms with Gasteiger partial charge in [0.2, 0.25) is 0 Å². The molecule has 0 aromatic heterocycles. The zero-order valence-corrected chi connectivity index (χ0v) is 9.89. The minimum Gasteiger partial charge on any atom is -0.496 e. The molecule has 0 bridgehead atoms. The highest BCUT2D eigenvalue weighted by molar-refractivity contribution is 5.91. The first-order chi connectivity index (χ1) is 8.01. The molecule has 0 amide bonds. The molecule has 0 aliphatic rings. The molecule has 0 saturated heterocycles. The first-order valence-electron chi connectivity index (χ1n) is 5.00. The molecule has 5 heteroatoms.